The van der Waals surface area contributed by atoms with Gasteiger partial charge in [-0.05, 0) is 43.2 Å². The van der Waals surface area contributed by atoms with Gasteiger partial charge in [-0.1, -0.05) is 6.07 Å². The van der Waals surface area contributed by atoms with Crippen molar-refractivity contribution in [1.82, 2.24) is 0 Å². The van der Waals surface area contributed by atoms with E-state index in [1.807, 2.05) is 26.0 Å². The molecule has 0 aromatic heterocycles. The van der Waals surface area contributed by atoms with Crippen LogP contribution in [0.15, 0.2) is 30.3 Å². The van der Waals surface area contributed by atoms with Crippen molar-refractivity contribution >= 4 is 5.69 Å². The van der Waals surface area contributed by atoms with Gasteiger partial charge in [0.05, 0.1) is 11.6 Å². The monoisotopic (exact) mass is 270 g/mol. The zero-order valence-electron chi connectivity index (χ0n) is 11.4. The van der Waals surface area contributed by atoms with E-state index in [9.17, 15) is 4.39 Å². The van der Waals surface area contributed by atoms with Gasteiger partial charge >= 0.3 is 0 Å². The van der Waals surface area contributed by atoms with Crippen molar-refractivity contribution in [3.63, 3.8) is 0 Å². The number of ether oxygens (including phenoxy) is 1. The first-order chi connectivity index (χ1) is 9.51. The topological polar surface area (TPSA) is 59.0 Å². The lowest BCUT2D eigenvalue weighted by Gasteiger charge is -2.12. The standard InChI is InChI=1S/C16H15FN2O/c1-10-5-11(2)16(7-15(10)19)20-9-13-6-14(17)4-3-12(13)8-18/h3-7H,9,19H2,1-2H3. The summed E-state index contributed by atoms with van der Waals surface area (Å²) in [6.07, 6.45) is 0. The normalized spacial score (nSPS) is 10.1. The Labute approximate surface area is 117 Å². The fraction of sp³-hybridized carbons (Fsp3) is 0.188. The lowest BCUT2D eigenvalue weighted by Crippen LogP contribution is -2.01. The maximum absolute atomic E-state index is 13.2. The Morgan fingerprint density at radius 1 is 1.20 bits per heavy atom. The second kappa shape index (κ2) is 5.62. The average Bonchev–Trinajstić information content (AvgIpc) is 2.41. The van der Waals surface area contributed by atoms with Gasteiger partial charge in [0.2, 0.25) is 0 Å². The van der Waals surface area contributed by atoms with E-state index in [2.05, 4.69) is 0 Å². The second-order valence-corrected chi connectivity index (χ2v) is 4.68. The summed E-state index contributed by atoms with van der Waals surface area (Å²) in [4.78, 5) is 0. The van der Waals surface area contributed by atoms with Gasteiger partial charge in [0.25, 0.3) is 0 Å². The summed E-state index contributed by atoms with van der Waals surface area (Å²) in [5, 5.41) is 8.99. The number of rotatable bonds is 3. The van der Waals surface area contributed by atoms with Gasteiger partial charge in [0.1, 0.15) is 18.2 Å². The molecule has 2 aromatic rings. The van der Waals surface area contributed by atoms with E-state index < -0.39 is 0 Å². The number of anilines is 1. The molecule has 20 heavy (non-hydrogen) atoms. The summed E-state index contributed by atoms with van der Waals surface area (Å²) >= 11 is 0. The Bertz CT molecular complexity index is 690. The van der Waals surface area contributed by atoms with Gasteiger partial charge in [-0.15, -0.1) is 0 Å². The molecule has 0 heterocycles. The van der Waals surface area contributed by atoms with Crippen molar-refractivity contribution in [2.45, 2.75) is 20.5 Å². The number of nitrogens with zero attached hydrogens (tertiary/aromatic N) is 1. The van der Waals surface area contributed by atoms with Crippen LogP contribution in [0.1, 0.15) is 22.3 Å². The predicted molar refractivity (Wildman–Crippen MR) is 75.8 cm³/mol. The van der Waals surface area contributed by atoms with Crippen LogP contribution < -0.4 is 10.5 Å². The summed E-state index contributed by atoms with van der Waals surface area (Å²) in [6, 6.07) is 9.72. The van der Waals surface area contributed by atoms with Gasteiger partial charge in [-0.25, -0.2) is 4.39 Å². The number of nitrogens with two attached hydrogens (primary N) is 1. The molecule has 0 saturated heterocycles. The van der Waals surface area contributed by atoms with Gasteiger partial charge in [0.15, 0.2) is 0 Å². The van der Waals surface area contributed by atoms with E-state index in [1.54, 1.807) is 6.07 Å². The molecule has 2 N–H and O–H groups in total. The van der Waals surface area contributed by atoms with Crippen molar-refractivity contribution in [2.75, 3.05) is 5.73 Å². The van der Waals surface area contributed by atoms with Crippen molar-refractivity contribution in [1.29, 1.82) is 5.26 Å². The molecule has 0 atom stereocenters. The predicted octanol–water partition coefficient (Wildman–Crippen LogP) is 3.48. The summed E-state index contributed by atoms with van der Waals surface area (Å²) in [7, 11) is 0. The van der Waals surface area contributed by atoms with E-state index in [0.29, 0.717) is 22.6 Å². The number of halogens is 1. The lowest BCUT2D eigenvalue weighted by atomic mass is 10.1. The molecule has 2 rings (SSSR count). The number of hydrogen-bond acceptors (Lipinski definition) is 3. The molecule has 0 bridgehead atoms. The number of aryl methyl sites for hydroxylation is 2. The highest BCUT2D eigenvalue weighted by atomic mass is 19.1. The molecule has 102 valence electrons. The van der Waals surface area contributed by atoms with Crippen LogP contribution in [0.25, 0.3) is 0 Å². The first-order valence-electron chi connectivity index (χ1n) is 6.19. The quantitative estimate of drug-likeness (QED) is 0.869. The molecule has 3 nitrogen and oxygen atoms in total. The highest BCUT2D eigenvalue weighted by Gasteiger charge is 2.07. The summed E-state index contributed by atoms with van der Waals surface area (Å²) in [5.74, 6) is 0.254. The largest absolute Gasteiger partial charge is 0.489 e. The van der Waals surface area contributed by atoms with Gasteiger partial charge < -0.3 is 10.5 Å². The molecular formula is C16H15FN2O. The van der Waals surface area contributed by atoms with E-state index in [4.69, 9.17) is 15.7 Å². The van der Waals surface area contributed by atoms with Crippen LogP contribution in [0.2, 0.25) is 0 Å². The first-order valence-corrected chi connectivity index (χ1v) is 6.19. The molecule has 0 aliphatic heterocycles. The van der Waals surface area contributed by atoms with Crippen LogP contribution in [0, 0.1) is 31.0 Å². The highest BCUT2D eigenvalue weighted by molar-refractivity contribution is 5.54. The van der Waals surface area contributed by atoms with Crippen molar-refractivity contribution in [2.24, 2.45) is 0 Å². The number of nitriles is 1. The molecular weight excluding hydrogens is 255 g/mol. The minimum absolute atomic E-state index is 0.129. The third kappa shape index (κ3) is 2.89. The molecule has 4 heteroatoms. The maximum atomic E-state index is 13.2. The van der Waals surface area contributed by atoms with Crippen LogP contribution in [0.4, 0.5) is 10.1 Å². The molecule has 0 amide bonds. The Hall–Kier alpha value is -2.54. The summed E-state index contributed by atoms with van der Waals surface area (Å²) in [6.45, 7) is 3.97. The molecule has 0 radical (unpaired) electrons. The lowest BCUT2D eigenvalue weighted by molar-refractivity contribution is 0.303. The smallest absolute Gasteiger partial charge is 0.124 e. The summed E-state index contributed by atoms with van der Waals surface area (Å²) < 4.78 is 18.9. The molecule has 0 unspecified atom stereocenters. The fourth-order valence-corrected chi connectivity index (χ4v) is 1.95. The molecule has 0 aliphatic rings. The van der Waals surface area contributed by atoms with Crippen LogP contribution in [-0.4, -0.2) is 0 Å². The van der Waals surface area contributed by atoms with Gasteiger partial charge in [0, 0.05) is 17.3 Å². The Morgan fingerprint density at radius 3 is 2.65 bits per heavy atom. The third-order valence-corrected chi connectivity index (χ3v) is 3.13. The zero-order chi connectivity index (χ0) is 14.7. The number of benzene rings is 2. The Morgan fingerprint density at radius 2 is 1.95 bits per heavy atom. The molecule has 2 aromatic carbocycles. The maximum Gasteiger partial charge on any atom is 0.124 e. The van der Waals surface area contributed by atoms with Gasteiger partial charge in [-0.3, -0.25) is 0 Å². The average molecular weight is 270 g/mol. The van der Waals surface area contributed by atoms with Crippen LogP contribution in [0.3, 0.4) is 0 Å². The van der Waals surface area contributed by atoms with E-state index in [1.165, 1.54) is 18.2 Å². The SMILES string of the molecule is Cc1cc(C)c(OCc2cc(F)ccc2C#N)cc1N. The molecule has 0 fully saturated rings. The number of nitrogen functional groups attached to an aromatic ring is 1. The van der Waals surface area contributed by atoms with Crippen molar-refractivity contribution < 1.29 is 9.13 Å². The summed E-state index contributed by atoms with van der Waals surface area (Å²) in [5.41, 5.74) is 9.35. The zero-order valence-corrected chi connectivity index (χ0v) is 11.4. The molecule has 0 spiro atoms. The van der Waals surface area contributed by atoms with E-state index in [0.717, 1.165) is 11.1 Å². The third-order valence-electron chi connectivity index (χ3n) is 3.13. The Kier molecular flexibility index (Phi) is 3.90. The second-order valence-electron chi connectivity index (χ2n) is 4.68. The minimum Gasteiger partial charge on any atom is -0.489 e. The van der Waals surface area contributed by atoms with Crippen LogP contribution in [-0.2, 0) is 6.61 Å². The van der Waals surface area contributed by atoms with Crippen LogP contribution in [0.5, 0.6) is 5.75 Å². The van der Waals surface area contributed by atoms with E-state index >= 15 is 0 Å². The minimum atomic E-state index is -0.386. The Balaban J connectivity index is 2.23. The fourth-order valence-electron chi connectivity index (χ4n) is 1.95. The number of hydrogen-bond donors (Lipinski definition) is 1. The van der Waals surface area contributed by atoms with Crippen molar-refractivity contribution in [3.05, 3.63) is 58.4 Å². The van der Waals surface area contributed by atoms with Gasteiger partial charge in [-0.2, -0.15) is 5.26 Å². The van der Waals surface area contributed by atoms with Crippen LogP contribution >= 0.6 is 0 Å². The van der Waals surface area contributed by atoms with E-state index in [-0.39, 0.29) is 12.4 Å². The molecule has 0 saturated carbocycles. The van der Waals surface area contributed by atoms with Crippen molar-refractivity contribution in [3.8, 4) is 11.8 Å². The highest BCUT2D eigenvalue weighted by Crippen LogP contribution is 2.25. The molecule has 0 aliphatic carbocycles. The first kappa shape index (κ1) is 13.9.